The fraction of sp³-hybridized carbons (Fsp3) is 1.00. The largest absolute Gasteiger partial charge is 0.500 e. The molecule has 0 bridgehead atoms. The van der Waals surface area contributed by atoms with Crippen LogP contribution in [0.5, 0.6) is 0 Å². The van der Waals surface area contributed by atoms with E-state index in [0.717, 1.165) is 25.5 Å². The third kappa shape index (κ3) is 27.6. The molecule has 0 aromatic carbocycles. The first kappa shape index (κ1) is 63.0. The van der Waals surface area contributed by atoms with Crippen LogP contribution in [-0.4, -0.2) is 238 Å². The fourth-order valence-corrected chi connectivity index (χ4v) is 12.8. The molecule has 1 aliphatic rings. The first-order valence-electron chi connectivity index (χ1n) is 21.3. The average molecular weight is 991 g/mol. The highest BCUT2D eigenvalue weighted by Gasteiger charge is 2.39. The van der Waals surface area contributed by atoms with Gasteiger partial charge in [0.1, 0.15) is 24.4 Å². The molecule has 380 valence electrons. The summed E-state index contributed by atoms with van der Waals surface area (Å²) in [4.78, 5) is 0. The van der Waals surface area contributed by atoms with Crippen LogP contribution in [-0.2, 0) is 95.7 Å². The van der Waals surface area contributed by atoms with Crippen LogP contribution in [0.2, 0.25) is 24.2 Å². The molecule has 1 heterocycles. The minimum Gasteiger partial charge on any atom is -0.382 e. The van der Waals surface area contributed by atoms with E-state index in [1.807, 2.05) is 0 Å². The summed E-state index contributed by atoms with van der Waals surface area (Å²) in [6, 6.07) is 2.69. The molecule has 0 N–H and O–H groups in total. The van der Waals surface area contributed by atoms with E-state index in [4.69, 9.17) is 95.7 Å². The van der Waals surface area contributed by atoms with Crippen LogP contribution >= 0.6 is 0 Å². The second kappa shape index (κ2) is 38.9. The molecule has 0 amide bonds. The summed E-state index contributed by atoms with van der Waals surface area (Å²) in [5, 5.41) is 0. The standard InChI is InChI=1S/C29H66O16Si3.C9H20O5Si/c1-30-21-28(24-42-16-13-19-47(35-6,36-7)37-8)45-29(25-43-17-14-20-48(38-9,39-10)40-11)26-44-23-27(31-2)22-41-15-12-18-46(32-3,33-4)34-5;1-10-15(11-2,12-3)6-4-5-13-7-9-8-14-9/h27-29H,12-26H2,1-11H3;9H,4-8H2,1-3H3. The smallest absolute Gasteiger partial charge is 0.382 e. The summed E-state index contributed by atoms with van der Waals surface area (Å²) in [7, 11) is 12.1. The van der Waals surface area contributed by atoms with Crippen molar-refractivity contribution in [3.63, 3.8) is 0 Å². The summed E-state index contributed by atoms with van der Waals surface area (Å²) in [5.41, 5.74) is 0. The van der Waals surface area contributed by atoms with Gasteiger partial charge in [-0.05, 0) is 25.7 Å². The first-order valence-corrected chi connectivity index (χ1v) is 29.0. The molecular weight excluding hydrogens is 905 g/mol. The Balaban J connectivity index is 0.00000214. The molecule has 63 heavy (non-hydrogen) atoms. The van der Waals surface area contributed by atoms with E-state index in [1.165, 1.54) is 0 Å². The van der Waals surface area contributed by atoms with Gasteiger partial charge in [-0.25, -0.2) is 0 Å². The van der Waals surface area contributed by atoms with Crippen LogP contribution in [0.4, 0.5) is 0 Å². The van der Waals surface area contributed by atoms with Crippen LogP contribution in [0.1, 0.15) is 25.7 Å². The third-order valence-electron chi connectivity index (χ3n) is 10.1. The maximum Gasteiger partial charge on any atom is 0.500 e. The zero-order valence-corrected chi connectivity index (χ0v) is 45.0. The van der Waals surface area contributed by atoms with Crippen LogP contribution in [0.15, 0.2) is 0 Å². The lowest BCUT2D eigenvalue weighted by molar-refractivity contribution is -0.134. The maximum atomic E-state index is 6.37. The van der Waals surface area contributed by atoms with E-state index in [0.29, 0.717) is 103 Å². The molecule has 1 fully saturated rings. The lowest BCUT2D eigenvalue weighted by atomic mass is 10.3. The van der Waals surface area contributed by atoms with Crippen LogP contribution in [0, 0.1) is 0 Å². The van der Waals surface area contributed by atoms with Crippen molar-refractivity contribution in [2.45, 2.75) is 74.3 Å². The van der Waals surface area contributed by atoms with Crippen molar-refractivity contribution in [2.24, 2.45) is 0 Å². The van der Waals surface area contributed by atoms with Crippen molar-refractivity contribution in [2.75, 3.05) is 179 Å². The summed E-state index contributed by atoms with van der Waals surface area (Å²) >= 11 is 0. The molecule has 0 aromatic rings. The van der Waals surface area contributed by atoms with Crippen LogP contribution in [0.3, 0.4) is 0 Å². The number of hydrogen-bond donors (Lipinski definition) is 0. The van der Waals surface area contributed by atoms with Crippen molar-refractivity contribution < 1.29 is 95.7 Å². The molecule has 21 nitrogen and oxygen atoms in total. The van der Waals surface area contributed by atoms with Gasteiger partial charge in [0.05, 0.1) is 52.9 Å². The lowest BCUT2D eigenvalue weighted by Gasteiger charge is -2.26. The average Bonchev–Trinajstić information content (AvgIpc) is 4.16. The normalized spacial score (nSPS) is 16.2. The van der Waals surface area contributed by atoms with E-state index in [-0.39, 0.29) is 18.8 Å². The third-order valence-corrected chi connectivity index (χ3v) is 21.4. The van der Waals surface area contributed by atoms with Gasteiger partial charge in [-0.2, -0.15) is 0 Å². The topological polar surface area (TPSA) is 197 Å². The molecule has 1 rings (SSSR count). The highest BCUT2D eigenvalue weighted by Crippen LogP contribution is 2.19. The van der Waals surface area contributed by atoms with Gasteiger partial charge in [0.15, 0.2) is 0 Å². The monoisotopic (exact) mass is 990 g/mol. The van der Waals surface area contributed by atoms with Crippen molar-refractivity contribution in [1.29, 1.82) is 0 Å². The molecule has 4 atom stereocenters. The van der Waals surface area contributed by atoms with Gasteiger partial charge in [0.25, 0.3) is 0 Å². The Labute approximate surface area is 383 Å². The molecule has 4 unspecified atom stereocenters. The lowest BCUT2D eigenvalue weighted by Crippen LogP contribution is -2.43. The molecule has 0 spiro atoms. The molecule has 0 saturated carbocycles. The van der Waals surface area contributed by atoms with Gasteiger partial charge in [0, 0.05) is 150 Å². The Hall–Kier alpha value is 0.0275. The van der Waals surface area contributed by atoms with Crippen molar-refractivity contribution in [3.8, 4) is 0 Å². The van der Waals surface area contributed by atoms with Gasteiger partial charge in [-0.3, -0.25) is 0 Å². The van der Waals surface area contributed by atoms with Gasteiger partial charge >= 0.3 is 35.2 Å². The van der Waals surface area contributed by atoms with E-state index >= 15 is 0 Å². The highest BCUT2D eigenvalue weighted by atomic mass is 28.4. The van der Waals surface area contributed by atoms with E-state index in [1.54, 1.807) is 99.5 Å². The van der Waals surface area contributed by atoms with Crippen molar-refractivity contribution in [1.82, 2.24) is 0 Å². The van der Waals surface area contributed by atoms with E-state index in [9.17, 15) is 0 Å². The number of epoxide rings is 1. The quantitative estimate of drug-likeness (QED) is 0.0490. The predicted octanol–water partition coefficient (Wildman–Crippen LogP) is 2.94. The summed E-state index contributed by atoms with van der Waals surface area (Å²) < 4.78 is 117. The van der Waals surface area contributed by atoms with Crippen molar-refractivity contribution in [3.05, 3.63) is 0 Å². The Bertz CT molecular complexity index is 981. The maximum absolute atomic E-state index is 6.37. The van der Waals surface area contributed by atoms with Crippen molar-refractivity contribution >= 4 is 35.2 Å². The SMILES string of the molecule is COCC(COCCC[Si](OC)(OC)OC)OC(COCCC[Si](OC)(OC)OC)COCC(COCCC[Si](OC)(OC)OC)OC.CO[Si](CCCOCC1CO1)(OC)OC. The van der Waals surface area contributed by atoms with Gasteiger partial charge in [0.2, 0.25) is 0 Å². The summed E-state index contributed by atoms with van der Waals surface area (Å²) in [6.07, 6.45) is 2.34. The Morgan fingerprint density at radius 1 is 0.381 bits per heavy atom. The molecule has 0 aliphatic carbocycles. The van der Waals surface area contributed by atoms with E-state index in [2.05, 4.69) is 0 Å². The van der Waals surface area contributed by atoms with E-state index < -0.39 is 41.3 Å². The van der Waals surface area contributed by atoms with Gasteiger partial charge in [-0.1, -0.05) is 0 Å². The zero-order chi connectivity index (χ0) is 47.3. The van der Waals surface area contributed by atoms with Crippen LogP contribution < -0.4 is 0 Å². The molecule has 1 aliphatic heterocycles. The fourth-order valence-electron chi connectivity index (χ4n) is 6.04. The molecule has 0 aromatic heterocycles. The minimum absolute atomic E-state index is 0.264. The van der Waals surface area contributed by atoms with Gasteiger partial charge < -0.3 is 95.7 Å². The first-order chi connectivity index (χ1) is 30.5. The number of ether oxygens (including phenoxy) is 9. The number of methoxy groups -OCH3 is 2. The molecule has 25 heteroatoms. The minimum atomic E-state index is -2.68. The molecule has 0 radical (unpaired) electrons. The Kier molecular flexibility index (Phi) is 39.0. The van der Waals surface area contributed by atoms with Crippen LogP contribution in [0.25, 0.3) is 0 Å². The summed E-state index contributed by atoms with van der Waals surface area (Å²) in [6.45, 7) is 5.58. The Morgan fingerprint density at radius 2 is 0.667 bits per heavy atom. The van der Waals surface area contributed by atoms with Gasteiger partial charge in [-0.15, -0.1) is 0 Å². The second-order valence-corrected chi connectivity index (χ2v) is 26.4. The molecule has 1 saturated heterocycles. The predicted molar refractivity (Wildman–Crippen MR) is 240 cm³/mol. The Morgan fingerprint density at radius 3 is 0.968 bits per heavy atom. The number of rotatable bonds is 45. The highest BCUT2D eigenvalue weighted by molar-refractivity contribution is 6.61. The zero-order valence-electron chi connectivity index (χ0n) is 41.0. The summed E-state index contributed by atoms with van der Waals surface area (Å²) in [5.74, 6) is 0. The second-order valence-electron chi connectivity index (χ2n) is 14.1. The molecular formula is C38H86O21Si4. The number of hydrogen-bond acceptors (Lipinski definition) is 21.